The Morgan fingerprint density at radius 1 is 1.67 bits per heavy atom. The minimum atomic E-state index is -3.84. The summed E-state index contributed by atoms with van der Waals surface area (Å²) < 4.78 is 22.7. The highest BCUT2D eigenvalue weighted by Crippen LogP contribution is 2.46. The Labute approximate surface area is 103 Å². The van der Waals surface area contributed by atoms with Crippen molar-refractivity contribution < 1.29 is 23.1 Å². The molecule has 8 heteroatoms. The number of sulfone groups is 1. The second kappa shape index (κ2) is 3.55. The highest BCUT2D eigenvalue weighted by Gasteiger charge is 2.68. The van der Waals surface area contributed by atoms with Crippen LogP contribution in [0.15, 0.2) is 12.2 Å². The van der Waals surface area contributed by atoms with E-state index >= 15 is 0 Å². The van der Waals surface area contributed by atoms with E-state index in [0.717, 1.165) is 17.1 Å². The first kappa shape index (κ1) is 12.6. The number of nitriles is 1. The topological polar surface area (TPSA) is 116 Å². The highest BCUT2D eigenvalue weighted by atomic mass is 32.2. The van der Waals surface area contributed by atoms with Crippen LogP contribution in [0.2, 0.25) is 0 Å². The molecule has 0 bridgehead atoms. The molecule has 2 saturated heterocycles. The zero-order valence-electron chi connectivity index (χ0n) is 9.40. The molecule has 18 heavy (non-hydrogen) atoms. The number of carboxylic acids is 1. The summed E-state index contributed by atoms with van der Waals surface area (Å²) in [5, 5.41) is 16.5. The van der Waals surface area contributed by atoms with Crippen LogP contribution in [-0.2, 0) is 19.4 Å². The van der Waals surface area contributed by atoms with Gasteiger partial charge in [0.1, 0.15) is 10.1 Å². The van der Waals surface area contributed by atoms with Gasteiger partial charge in [-0.3, -0.25) is 4.79 Å². The van der Waals surface area contributed by atoms with Gasteiger partial charge in [0, 0.05) is 6.08 Å². The normalized spacial score (nSPS) is 37.1. The zero-order valence-corrected chi connectivity index (χ0v) is 10.2. The molecule has 0 spiro atoms. The van der Waals surface area contributed by atoms with Gasteiger partial charge in [-0.05, 0) is 6.92 Å². The predicted molar refractivity (Wildman–Crippen MR) is 58.8 cm³/mol. The molecule has 2 heterocycles. The standard InChI is InChI=1S/C10H10N2O5S/c1-10(3-2-4-11)8(9(14)15)12-6(13)5-7(12)18(10,16)17/h2-3,7-8H,5H2,1H3,(H,14,15)/b3-2-/t7?,8-,10-/m0/s1. The number of allylic oxidation sites excluding steroid dienone is 1. The first-order valence-electron chi connectivity index (χ1n) is 5.12. The largest absolute Gasteiger partial charge is 0.480 e. The summed E-state index contributed by atoms with van der Waals surface area (Å²) in [6.07, 6.45) is 1.79. The molecule has 2 aliphatic rings. The average Bonchev–Trinajstić information content (AvgIpc) is 2.41. The number of hydrogen-bond donors (Lipinski definition) is 1. The van der Waals surface area contributed by atoms with Crippen molar-refractivity contribution in [3.63, 3.8) is 0 Å². The Bertz CT molecular complexity index is 602. The van der Waals surface area contributed by atoms with Crippen molar-refractivity contribution in [2.45, 2.75) is 29.5 Å². The Hall–Kier alpha value is -1.88. The molecule has 0 radical (unpaired) electrons. The molecule has 0 aliphatic carbocycles. The van der Waals surface area contributed by atoms with Crippen molar-refractivity contribution >= 4 is 21.7 Å². The zero-order chi connectivity index (χ0) is 13.7. The maximum absolute atomic E-state index is 12.2. The number of nitrogens with zero attached hydrogens (tertiary/aromatic N) is 2. The van der Waals surface area contributed by atoms with E-state index < -0.39 is 37.9 Å². The first-order chi connectivity index (χ1) is 8.27. The number of fused-ring (bicyclic) bond motifs is 1. The third kappa shape index (κ3) is 1.25. The van der Waals surface area contributed by atoms with Gasteiger partial charge in [-0.1, -0.05) is 6.08 Å². The summed E-state index contributed by atoms with van der Waals surface area (Å²) >= 11 is 0. The van der Waals surface area contributed by atoms with Gasteiger partial charge in [-0.25, -0.2) is 13.2 Å². The van der Waals surface area contributed by atoms with Crippen LogP contribution in [0.3, 0.4) is 0 Å². The highest BCUT2D eigenvalue weighted by molar-refractivity contribution is 7.94. The van der Waals surface area contributed by atoms with E-state index in [1.807, 2.05) is 0 Å². The van der Waals surface area contributed by atoms with E-state index in [0.29, 0.717) is 0 Å². The van der Waals surface area contributed by atoms with Gasteiger partial charge in [0.05, 0.1) is 12.5 Å². The maximum Gasteiger partial charge on any atom is 0.328 e. The molecule has 0 aromatic rings. The fraction of sp³-hybridized carbons (Fsp3) is 0.500. The van der Waals surface area contributed by atoms with Gasteiger partial charge in [-0.2, -0.15) is 5.26 Å². The lowest BCUT2D eigenvalue weighted by Crippen LogP contribution is -2.57. The van der Waals surface area contributed by atoms with E-state index in [1.165, 1.54) is 6.92 Å². The lowest BCUT2D eigenvalue weighted by Gasteiger charge is -2.35. The molecule has 96 valence electrons. The van der Waals surface area contributed by atoms with Gasteiger partial charge in [0.25, 0.3) is 0 Å². The van der Waals surface area contributed by atoms with Crippen molar-refractivity contribution in [1.82, 2.24) is 4.90 Å². The molecule has 1 unspecified atom stereocenters. The van der Waals surface area contributed by atoms with Crippen LogP contribution in [0.1, 0.15) is 13.3 Å². The van der Waals surface area contributed by atoms with Gasteiger partial charge in [0.2, 0.25) is 5.91 Å². The lowest BCUT2D eigenvalue weighted by atomic mass is 9.96. The Balaban J connectivity index is 2.61. The molecule has 3 atom stereocenters. The Morgan fingerprint density at radius 2 is 2.28 bits per heavy atom. The van der Waals surface area contributed by atoms with Crippen molar-refractivity contribution in [3.05, 3.63) is 12.2 Å². The van der Waals surface area contributed by atoms with E-state index in [9.17, 15) is 18.0 Å². The Kier molecular flexibility index (Phi) is 2.48. The molecule has 0 aromatic heterocycles. The van der Waals surface area contributed by atoms with Crippen LogP contribution in [-0.4, -0.2) is 46.5 Å². The van der Waals surface area contributed by atoms with Crippen molar-refractivity contribution in [2.24, 2.45) is 0 Å². The SMILES string of the molecule is C[C@]1(/C=C\C#N)[C@H](C(=O)O)N2C(=O)CC2S1(=O)=O. The second-order valence-corrected chi connectivity index (χ2v) is 6.91. The van der Waals surface area contributed by atoms with E-state index in [4.69, 9.17) is 10.4 Å². The molecule has 2 rings (SSSR count). The fourth-order valence-electron chi connectivity index (χ4n) is 2.45. The second-order valence-electron chi connectivity index (χ2n) is 4.39. The number of carbonyl (C=O) groups is 2. The number of aliphatic carboxylic acids is 1. The molecule has 7 nitrogen and oxygen atoms in total. The number of carboxylic acid groups (broad SMARTS) is 1. The molecular weight excluding hydrogens is 260 g/mol. The molecule has 0 saturated carbocycles. The summed E-state index contributed by atoms with van der Waals surface area (Å²) in [4.78, 5) is 23.5. The van der Waals surface area contributed by atoms with E-state index in [2.05, 4.69) is 0 Å². The summed E-state index contributed by atoms with van der Waals surface area (Å²) in [5.41, 5.74) is 0. The van der Waals surface area contributed by atoms with Gasteiger partial charge in [0.15, 0.2) is 15.9 Å². The maximum atomic E-state index is 12.2. The smallest absolute Gasteiger partial charge is 0.328 e. The number of amides is 1. The molecule has 2 aliphatic heterocycles. The number of β-lactam (4-membered cyclic amide) rings is 1. The van der Waals surface area contributed by atoms with Crippen molar-refractivity contribution in [1.29, 1.82) is 5.26 Å². The van der Waals surface area contributed by atoms with Gasteiger partial charge < -0.3 is 10.0 Å². The first-order valence-corrected chi connectivity index (χ1v) is 6.66. The number of hydrogen-bond acceptors (Lipinski definition) is 5. The monoisotopic (exact) mass is 270 g/mol. The molecule has 0 aromatic carbocycles. The molecule has 1 amide bonds. The molecular formula is C10H10N2O5S. The van der Waals surface area contributed by atoms with Crippen LogP contribution in [0.5, 0.6) is 0 Å². The summed E-state index contributed by atoms with van der Waals surface area (Å²) in [7, 11) is -3.84. The fourth-order valence-corrected chi connectivity index (χ4v) is 4.72. The molecule has 2 fully saturated rings. The van der Waals surface area contributed by atoms with Crippen LogP contribution in [0.25, 0.3) is 0 Å². The van der Waals surface area contributed by atoms with Gasteiger partial charge in [-0.15, -0.1) is 0 Å². The summed E-state index contributed by atoms with van der Waals surface area (Å²) in [6.45, 7) is 1.22. The van der Waals surface area contributed by atoms with Crippen molar-refractivity contribution in [2.75, 3.05) is 0 Å². The van der Waals surface area contributed by atoms with Crippen LogP contribution in [0.4, 0.5) is 0 Å². The minimum Gasteiger partial charge on any atom is -0.480 e. The number of carbonyl (C=O) groups excluding carboxylic acids is 1. The predicted octanol–water partition coefficient (Wildman–Crippen LogP) is -0.735. The van der Waals surface area contributed by atoms with Crippen LogP contribution < -0.4 is 0 Å². The van der Waals surface area contributed by atoms with Crippen LogP contribution >= 0.6 is 0 Å². The Morgan fingerprint density at radius 3 is 2.72 bits per heavy atom. The third-order valence-electron chi connectivity index (χ3n) is 3.46. The quantitative estimate of drug-likeness (QED) is 0.522. The van der Waals surface area contributed by atoms with Crippen LogP contribution in [0, 0.1) is 11.3 Å². The molecule has 1 N–H and O–H groups in total. The lowest BCUT2D eigenvalue weighted by molar-refractivity contribution is -0.157. The summed E-state index contributed by atoms with van der Waals surface area (Å²) in [6, 6.07) is 0.163. The number of rotatable bonds is 2. The minimum absolute atomic E-state index is 0.192. The average molecular weight is 270 g/mol. The summed E-state index contributed by atoms with van der Waals surface area (Å²) in [5.74, 6) is -1.88. The van der Waals surface area contributed by atoms with E-state index in [-0.39, 0.29) is 6.42 Å². The van der Waals surface area contributed by atoms with E-state index in [1.54, 1.807) is 6.07 Å². The third-order valence-corrected chi connectivity index (χ3v) is 6.16. The van der Waals surface area contributed by atoms with Gasteiger partial charge >= 0.3 is 5.97 Å². The van der Waals surface area contributed by atoms with Crippen molar-refractivity contribution in [3.8, 4) is 6.07 Å².